The van der Waals surface area contributed by atoms with E-state index < -0.39 is 0 Å². The first-order chi connectivity index (χ1) is 9.93. The summed E-state index contributed by atoms with van der Waals surface area (Å²) < 4.78 is 3.16. The molecule has 0 aliphatic heterocycles. The standard InChI is InChI=1S/C16H19IN2O2/c1-11-8-13(14(17)9-12(11)2)10-19-7-5-6-15(19)16(20)18(3)21-4/h5-9H,10H2,1-4H3. The Morgan fingerprint density at radius 3 is 2.67 bits per heavy atom. The van der Waals surface area contributed by atoms with E-state index in [0.717, 1.165) is 0 Å². The summed E-state index contributed by atoms with van der Waals surface area (Å²) in [5.74, 6) is -0.152. The molecule has 5 heteroatoms. The average Bonchev–Trinajstić information content (AvgIpc) is 2.91. The van der Waals surface area contributed by atoms with Crippen LogP contribution in [0.15, 0.2) is 30.5 Å². The van der Waals surface area contributed by atoms with Crippen LogP contribution in [0.2, 0.25) is 0 Å². The number of aryl methyl sites for hydroxylation is 2. The van der Waals surface area contributed by atoms with Crippen LogP contribution < -0.4 is 0 Å². The van der Waals surface area contributed by atoms with E-state index in [1.165, 1.54) is 32.4 Å². The first-order valence-corrected chi connectivity index (χ1v) is 7.75. The Labute approximate surface area is 138 Å². The van der Waals surface area contributed by atoms with Crippen molar-refractivity contribution in [2.45, 2.75) is 20.4 Å². The maximum atomic E-state index is 12.2. The van der Waals surface area contributed by atoms with Crippen molar-refractivity contribution in [3.8, 4) is 0 Å². The number of rotatable bonds is 4. The molecular weight excluding hydrogens is 379 g/mol. The number of halogens is 1. The molecule has 0 spiro atoms. The Hall–Kier alpha value is -1.34. The third kappa shape index (κ3) is 3.47. The third-order valence-corrected chi connectivity index (χ3v) is 4.62. The number of carbonyl (C=O) groups is 1. The lowest BCUT2D eigenvalue weighted by Crippen LogP contribution is -2.27. The molecule has 4 nitrogen and oxygen atoms in total. The highest BCUT2D eigenvalue weighted by molar-refractivity contribution is 14.1. The summed E-state index contributed by atoms with van der Waals surface area (Å²) in [7, 11) is 3.09. The predicted octanol–water partition coefficient (Wildman–Crippen LogP) is 3.39. The number of hydroxylamine groups is 2. The summed E-state index contributed by atoms with van der Waals surface area (Å²) in [6, 6.07) is 8.05. The van der Waals surface area contributed by atoms with Crippen molar-refractivity contribution >= 4 is 28.5 Å². The van der Waals surface area contributed by atoms with Crippen LogP contribution in [0.4, 0.5) is 0 Å². The van der Waals surface area contributed by atoms with Crippen LogP contribution in [0.5, 0.6) is 0 Å². The van der Waals surface area contributed by atoms with E-state index in [-0.39, 0.29) is 5.91 Å². The zero-order chi connectivity index (χ0) is 15.6. The van der Waals surface area contributed by atoms with Gasteiger partial charge in [-0.2, -0.15) is 0 Å². The highest BCUT2D eigenvalue weighted by atomic mass is 127. The van der Waals surface area contributed by atoms with Crippen molar-refractivity contribution in [3.63, 3.8) is 0 Å². The largest absolute Gasteiger partial charge is 0.339 e. The molecule has 2 aromatic rings. The van der Waals surface area contributed by atoms with Gasteiger partial charge in [0.05, 0.1) is 7.11 Å². The SMILES string of the molecule is CON(C)C(=O)c1cccn1Cc1cc(C)c(C)cc1I. The quantitative estimate of drug-likeness (QED) is 0.585. The minimum atomic E-state index is -0.152. The lowest BCUT2D eigenvalue weighted by atomic mass is 10.1. The first-order valence-electron chi connectivity index (χ1n) is 6.67. The summed E-state index contributed by atoms with van der Waals surface area (Å²) in [5, 5.41) is 1.23. The Balaban J connectivity index is 2.32. The fraction of sp³-hybridized carbons (Fsp3) is 0.312. The molecular formula is C16H19IN2O2. The second-order valence-electron chi connectivity index (χ2n) is 5.03. The topological polar surface area (TPSA) is 34.5 Å². The van der Waals surface area contributed by atoms with Gasteiger partial charge >= 0.3 is 0 Å². The molecule has 0 aliphatic rings. The molecule has 1 heterocycles. The molecule has 2 rings (SSSR count). The lowest BCUT2D eigenvalue weighted by molar-refractivity contribution is -0.0762. The molecule has 0 fully saturated rings. The highest BCUT2D eigenvalue weighted by Gasteiger charge is 2.16. The van der Waals surface area contributed by atoms with E-state index >= 15 is 0 Å². The van der Waals surface area contributed by atoms with Gasteiger partial charge in [0.2, 0.25) is 0 Å². The van der Waals surface area contributed by atoms with Crippen LogP contribution in [-0.2, 0) is 11.4 Å². The molecule has 0 bridgehead atoms. The molecule has 21 heavy (non-hydrogen) atoms. The van der Waals surface area contributed by atoms with Crippen molar-refractivity contribution < 1.29 is 9.63 Å². The van der Waals surface area contributed by atoms with Gasteiger partial charge in [0, 0.05) is 23.4 Å². The summed E-state index contributed by atoms with van der Waals surface area (Å²) in [5.41, 5.74) is 4.38. The Kier molecular flexibility index (Phi) is 5.05. The monoisotopic (exact) mass is 398 g/mol. The number of hydrogen-bond acceptors (Lipinski definition) is 2. The fourth-order valence-corrected chi connectivity index (χ4v) is 2.93. The third-order valence-electron chi connectivity index (χ3n) is 3.61. The number of nitrogens with zero attached hydrogens (tertiary/aromatic N) is 2. The maximum Gasteiger partial charge on any atom is 0.293 e. The minimum absolute atomic E-state index is 0.152. The Morgan fingerprint density at radius 1 is 1.33 bits per heavy atom. The predicted molar refractivity (Wildman–Crippen MR) is 91.3 cm³/mol. The van der Waals surface area contributed by atoms with Crippen LogP contribution in [0.1, 0.15) is 27.2 Å². The molecule has 112 valence electrons. The summed E-state index contributed by atoms with van der Waals surface area (Å²) in [6.45, 7) is 4.89. The molecule has 0 N–H and O–H groups in total. The number of carbonyl (C=O) groups excluding carboxylic acids is 1. The molecule has 1 aromatic heterocycles. The van der Waals surface area contributed by atoms with Crippen molar-refractivity contribution in [1.29, 1.82) is 0 Å². The fourth-order valence-electron chi connectivity index (χ4n) is 2.14. The van der Waals surface area contributed by atoms with Crippen LogP contribution in [0.3, 0.4) is 0 Å². The summed E-state index contributed by atoms with van der Waals surface area (Å²) in [6.07, 6.45) is 1.92. The van der Waals surface area contributed by atoms with Gasteiger partial charge in [-0.15, -0.1) is 0 Å². The summed E-state index contributed by atoms with van der Waals surface area (Å²) in [4.78, 5) is 17.2. The molecule has 0 unspecified atom stereocenters. The molecule has 1 amide bonds. The number of aromatic nitrogens is 1. The zero-order valence-corrected chi connectivity index (χ0v) is 14.8. The van der Waals surface area contributed by atoms with Crippen molar-refractivity contribution in [2.75, 3.05) is 14.2 Å². The number of benzene rings is 1. The van der Waals surface area contributed by atoms with Gasteiger partial charge in [0.1, 0.15) is 5.69 Å². The van der Waals surface area contributed by atoms with Crippen molar-refractivity contribution in [2.24, 2.45) is 0 Å². The maximum absolute atomic E-state index is 12.2. The van der Waals surface area contributed by atoms with E-state index in [4.69, 9.17) is 4.84 Å². The zero-order valence-electron chi connectivity index (χ0n) is 12.7. The molecule has 0 aliphatic carbocycles. The highest BCUT2D eigenvalue weighted by Crippen LogP contribution is 2.20. The minimum Gasteiger partial charge on any atom is -0.339 e. The average molecular weight is 398 g/mol. The molecule has 0 saturated heterocycles. The molecule has 0 atom stereocenters. The van der Waals surface area contributed by atoms with Gasteiger partial charge in [0.15, 0.2) is 0 Å². The molecule has 0 saturated carbocycles. The van der Waals surface area contributed by atoms with E-state index in [2.05, 4.69) is 48.6 Å². The van der Waals surface area contributed by atoms with Crippen LogP contribution in [0.25, 0.3) is 0 Å². The van der Waals surface area contributed by atoms with Crippen LogP contribution in [0, 0.1) is 17.4 Å². The smallest absolute Gasteiger partial charge is 0.293 e. The number of hydrogen-bond donors (Lipinski definition) is 0. The van der Waals surface area contributed by atoms with Gasteiger partial charge in [-0.3, -0.25) is 9.63 Å². The van der Waals surface area contributed by atoms with E-state index in [9.17, 15) is 4.79 Å². The van der Waals surface area contributed by atoms with Crippen LogP contribution in [-0.4, -0.2) is 29.7 Å². The van der Waals surface area contributed by atoms with E-state index in [0.29, 0.717) is 12.2 Å². The van der Waals surface area contributed by atoms with Crippen molar-refractivity contribution in [1.82, 2.24) is 9.63 Å². The van der Waals surface area contributed by atoms with E-state index in [1.807, 2.05) is 22.9 Å². The first kappa shape index (κ1) is 16.0. The lowest BCUT2D eigenvalue weighted by Gasteiger charge is -2.16. The normalized spacial score (nSPS) is 10.7. The van der Waals surface area contributed by atoms with Crippen molar-refractivity contribution in [3.05, 3.63) is 56.4 Å². The van der Waals surface area contributed by atoms with Gasteiger partial charge in [-0.05, 0) is 71.3 Å². The molecule has 0 radical (unpaired) electrons. The Bertz CT molecular complexity index is 664. The Morgan fingerprint density at radius 2 is 2.00 bits per heavy atom. The molecule has 1 aromatic carbocycles. The van der Waals surface area contributed by atoms with Gasteiger partial charge in [-0.1, -0.05) is 6.07 Å². The second-order valence-corrected chi connectivity index (χ2v) is 6.20. The summed E-state index contributed by atoms with van der Waals surface area (Å²) >= 11 is 2.34. The van der Waals surface area contributed by atoms with Gasteiger partial charge in [-0.25, -0.2) is 5.06 Å². The van der Waals surface area contributed by atoms with Gasteiger partial charge in [0.25, 0.3) is 5.91 Å². The van der Waals surface area contributed by atoms with E-state index in [1.54, 1.807) is 7.05 Å². The van der Waals surface area contributed by atoms with Gasteiger partial charge < -0.3 is 4.57 Å². The second kappa shape index (κ2) is 6.62. The van der Waals surface area contributed by atoms with Crippen LogP contribution >= 0.6 is 22.6 Å². The number of amides is 1.